The second-order valence-corrected chi connectivity index (χ2v) is 6.78. The number of methoxy groups -OCH3 is 2. The molecule has 0 amide bonds. The number of hydrogen-bond donors (Lipinski definition) is 0. The Morgan fingerprint density at radius 3 is 2.17 bits per heavy atom. The van der Waals surface area contributed by atoms with Crippen LogP contribution in [0.5, 0.6) is 0 Å². The Balaban J connectivity index is 3.04. The van der Waals surface area contributed by atoms with Crippen molar-refractivity contribution >= 4 is 24.0 Å². The molecule has 29 heavy (non-hydrogen) atoms. The number of ether oxygens (including phenoxy) is 5. The Morgan fingerprint density at radius 1 is 1.07 bits per heavy atom. The van der Waals surface area contributed by atoms with Gasteiger partial charge in [-0.15, -0.1) is 0 Å². The minimum Gasteiger partial charge on any atom is -0.495 e. The fraction of sp³-hybridized carbons (Fsp3) is 0.600. The van der Waals surface area contributed by atoms with Crippen LogP contribution in [0.2, 0.25) is 0 Å². The van der Waals surface area contributed by atoms with Gasteiger partial charge in [-0.2, -0.15) is 0 Å². The third-order valence-electron chi connectivity index (χ3n) is 4.44. The Morgan fingerprint density at radius 2 is 1.66 bits per heavy atom. The Labute approximate surface area is 170 Å². The molecule has 0 aromatic carbocycles. The lowest BCUT2D eigenvalue weighted by Crippen LogP contribution is -2.56. The maximum Gasteiger partial charge on any atom is 0.333 e. The highest BCUT2D eigenvalue weighted by Gasteiger charge is 2.48. The predicted molar refractivity (Wildman–Crippen MR) is 101 cm³/mol. The molecule has 0 bridgehead atoms. The van der Waals surface area contributed by atoms with Gasteiger partial charge < -0.3 is 28.5 Å². The average molecular weight is 412 g/mol. The summed E-state index contributed by atoms with van der Waals surface area (Å²) in [6.45, 7) is 3.18. The molecule has 0 saturated carbocycles. The molecule has 0 N–H and O–H groups in total. The van der Waals surface area contributed by atoms with Crippen molar-refractivity contribution in [3.05, 3.63) is 24.7 Å². The lowest BCUT2D eigenvalue weighted by Gasteiger charge is -2.46. The number of ketones is 1. The van der Waals surface area contributed by atoms with E-state index in [1.807, 2.05) is 0 Å². The van der Waals surface area contributed by atoms with E-state index in [9.17, 15) is 19.2 Å². The van der Waals surface area contributed by atoms with Crippen molar-refractivity contribution in [3.63, 3.8) is 0 Å². The summed E-state index contributed by atoms with van der Waals surface area (Å²) in [5, 5.41) is 0. The summed E-state index contributed by atoms with van der Waals surface area (Å²) in [6, 6.07) is 0. The number of rotatable bonds is 11. The standard InChI is InChI=1S/C20H28O9/c1-14(22)13-20(2)17(28-11-8-19(24)26-4)12-16(15(29-20)6-5-9-21)27-10-7-18(23)25-3/h7-11,15-17H,5-6,12-13H2,1-4H3/b10-7+,11-8+/t15-,16+,17-,20+/m1/s1. The SMILES string of the molecule is COC(=O)/C=C/O[C@H]1C[C@@H](O/C=C/C(=O)OC)[C@](C)(CC(C)=O)O[C@@H]1CCC=O. The number of aldehydes is 1. The number of carbonyl (C=O) groups excluding carboxylic acids is 4. The van der Waals surface area contributed by atoms with Crippen LogP contribution < -0.4 is 0 Å². The molecule has 1 rings (SSSR count). The first-order chi connectivity index (χ1) is 13.8. The lowest BCUT2D eigenvalue weighted by molar-refractivity contribution is -0.224. The molecule has 1 aliphatic heterocycles. The quantitative estimate of drug-likeness (QED) is 0.216. The van der Waals surface area contributed by atoms with Gasteiger partial charge in [-0.1, -0.05) is 0 Å². The van der Waals surface area contributed by atoms with Crippen molar-refractivity contribution in [3.8, 4) is 0 Å². The van der Waals surface area contributed by atoms with Crippen molar-refractivity contribution in [2.45, 2.75) is 63.4 Å². The van der Waals surface area contributed by atoms with Crippen LogP contribution in [-0.2, 0) is 42.9 Å². The fourth-order valence-electron chi connectivity index (χ4n) is 3.10. The Hall–Kier alpha value is -2.68. The van der Waals surface area contributed by atoms with Crippen molar-refractivity contribution < 1.29 is 42.9 Å². The highest BCUT2D eigenvalue weighted by atomic mass is 16.6. The molecule has 0 spiro atoms. The molecule has 9 heteroatoms. The van der Waals surface area contributed by atoms with E-state index in [-0.39, 0.29) is 18.6 Å². The lowest BCUT2D eigenvalue weighted by atomic mass is 9.83. The minimum atomic E-state index is -0.994. The summed E-state index contributed by atoms with van der Waals surface area (Å²) in [6.07, 6.45) is 4.69. The van der Waals surface area contributed by atoms with Gasteiger partial charge in [0.1, 0.15) is 29.9 Å². The van der Waals surface area contributed by atoms with E-state index in [2.05, 4.69) is 9.47 Å². The van der Waals surface area contributed by atoms with Crippen molar-refractivity contribution in [1.29, 1.82) is 0 Å². The molecule has 1 saturated heterocycles. The molecule has 1 fully saturated rings. The second-order valence-electron chi connectivity index (χ2n) is 6.78. The predicted octanol–water partition coefficient (Wildman–Crippen LogP) is 1.64. The average Bonchev–Trinajstić information content (AvgIpc) is 2.67. The molecule has 9 nitrogen and oxygen atoms in total. The maximum absolute atomic E-state index is 11.8. The van der Waals surface area contributed by atoms with Gasteiger partial charge in [-0.3, -0.25) is 4.79 Å². The number of hydrogen-bond acceptors (Lipinski definition) is 9. The van der Waals surface area contributed by atoms with E-state index in [0.29, 0.717) is 12.8 Å². The highest BCUT2D eigenvalue weighted by Crippen LogP contribution is 2.37. The molecule has 0 aromatic heterocycles. The molecular weight excluding hydrogens is 384 g/mol. The summed E-state index contributed by atoms with van der Waals surface area (Å²) in [5.41, 5.74) is -0.994. The van der Waals surface area contributed by atoms with Crippen LogP contribution in [-0.4, -0.2) is 62.1 Å². The summed E-state index contributed by atoms with van der Waals surface area (Å²) in [4.78, 5) is 45.1. The Kier molecular flexibility index (Phi) is 10.1. The van der Waals surface area contributed by atoms with Crippen LogP contribution in [0.25, 0.3) is 0 Å². The van der Waals surface area contributed by atoms with E-state index < -0.39 is 35.9 Å². The smallest absolute Gasteiger partial charge is 0.333 e. The van der Waals surface area contributed by atoms with Crippen molar-refractivity contribution in [2.75, 3.05) is 14.2 Å². The van der Waals surface area contributed by atoms with E-state index in [1.165, 1.54) is 33.7 Å². The molecule has 1 aliphatic rings. The molecule has 0 radical (unpaired) electrons. The van der Waals surface area contributed by atoms with Crippen molar-refractivity contribution in [1.82, 2.24) is 0 Å². The van der Waals surface area contributed by atoms with Gasteiger partial charge in [0.15, 0.2) is 0 Å². The molecule has 0 aromatic rings. The molecule has 1 heterocycles. The topological polar surface area (TPSA) is 114 Å². The first-order valence-corrected chi connectivity index (χ1v) is 9.16. The zero-order chi connectivity index (χ0) is 21.9. The van der Waals surface area contributed by atoms with Gasteiger partial charge >= 0.3 is 11.9 Å². The molecule has 0 unspecified atom stereocenters. The molecular formula is C20H28O9. The minimum absolute atomic E-state index is 0.0754. The second kappa shape index (κ2) is 12.0. The normalized spacial score (nSPS) is 26.8. The van der Waals surface area contributed by atoms with E-state index in [0.717, 1.165) is 18.4 Å². The summed E-state index contributed by atoms with van der Waals surface area (Å²) >= 11 is 0. The zero-order valence-corrected chi connectivity index (χ0v) is 17.1. The van der Waals surface area contributed by atoms with Gasteiger partial charge in [0.2, 0.25) is 0 Å². The summed E-state index contributed by atoms with van der Waals surface area (Å²) < 4.78 is 26.5. The molecule has 162 valence electrons. The highest BCUT2D eigenvalue weighted by molar-refractivity contribution is 5.81. The molecule has 4 atom stereocenters. The zero-order valence-electron chi connectivity index (χ0n) is 17.1. The molecule has 0 aliphatic carbocycles. The van der Waals surface area contributed by atoms with E-state index in [1.54, 1.807) is 6.92 Å². The van der Waals surface area contributed by atoms with Gasteiger partial charge in [0.05, 0.1) is 45.0 Å². The van der Waals surface area contributed by atoms with Crippen molar-refractivity contribution in [2.24, 2.45) is 0 Å². The van der Waals surface area contributed by atoms with Crippen LogP contribution in [0.3, 0.4) is 0 Å². The van der Waals surface area contributed by atoms with Gasteiger partial charge in [0.25, 0.3) is 0 Å². The van der Waals surface area contributed by atoms with Gasteiger partial charge in [-0.05, 0) is 20.3 Å². The number of esters is 2. The third-order valence-corrected chi connectivity index (χ3v) is 4.44. The fourth-order valence-corrected chi connectivity index (χ4v) is 3.10. The first kappa shape index (κ1) is 24.4. The monoisotopic (exact) mass is 412 g/mol. The van der Waals surface area contributed by atoms with Crippen LogP contribution in [0.4, 0.5) is 0 Å². The first-order valence-electron chi connectivity index (χ1n) is 9.16. The van der Waals surface area contributed by atoms with E-state index in [4.69, 9.17) is 14.2 Å². The number of carbonyl (C=O) groups is 4. The van der Waals surface area contributed by atoms with Crippen LogP contribution in [0.15, 0.2) is 24.7 Å². The van der Waals surface area contributed by atoms with Gasteiger partial charge in [-0.25, -0.2) is 9.59 Å². The van der Waals surface area contributed by atoms with Crippen LogP contribution in [0, 0.1) is 0 Å². The summed E-state index contributed by atoms with van der Waals surface area (Å²) in [7, 11) is 2.49. The number of Topliss-reactive ketones (excluding diaryl/α,β-unsaturated/α-hetero) is 1. The summed E-state index contributed by atoms with van der Waals surface area (Å²) in [5.74, 6) is -1.27. The largest absolute Gasteiger partial charge is 0.495 e. The van der Waals surface area contributed by atoms with E-state index >= 15 is 0 Å². The maximum atomic E-state index is 11.8. The van der Waals surface area contributed by atoms with Crippen LogP contribution >= 0.6 is 0 Å². The van der Waals surface area contributed by atoms with Crippen LogP contribution in [0.1, 0.15) is 39.5 Å². The van der Waals surface area contributed by atoms with Gasteiger partial charge in [0, 0.05) is 19.3 Å². The third kappa shape index (κ3) is 8.06. The Bertz CT molecular complexity index is 640.